The predicted octanol–water partition coefficient (Wildman–Crippen LogP) is 3.51. The molecule has 6 heteroatoms. The van der Waals surface area contributed by atoms with Crippen molar-refractivity contribution in [2.75, 3.05) is 13.1 Å². The van der Waals surface area contributed by atoms with Crippen LogP contribution in [0.25, 0.3) is 0 Å². The summed E-state index contributed by atoms with van der Waals surface area (Å²) in [7, 11) is 0. The summed E-state index contributed by atoms with van der Waals surface area (Å²) in [5.74, 6) is -1.15. The zero-order valence-corrected chi connectivity index (χ0v) is 10.5. The third-order valence-electron chi connectivity index (χ3n) is 3.28. The summed E-state index contributed by atoms with van der Waals surface area (Å²) in [6, 6.07) is 3.63. The maximum atomic E-state index is 12.5. The lowest BCUT2D eigenvalue weighted by Gasteiger charge is -2.32. The van der Waals surface area contributed by atoms with E-state index in [0.717, 1.165) is 5.56 Å². The smallest absolute Gasteiger partial charge is 0.299 e. The Kier molecular flexibility index (Phi) is 4.12. The second-order valence-corrected chi connectivity index (χ2v) is 4.90. The molecular formula is C12H14ClF3N2. The largest absolute Gasteiger partial charge is 0.391 e. The van der Waals surface area contributed by atoms with Crippen molar-refractivity contribution in [1.82, 2.24) is 9.88 Å². The van der Waals surface area contributed by atoms with Gasteiger partial charge in [0.15, 0.2) is 0 Å². The number of hydrogen-bond acceptors (Lipinski definition) is 2. The molecule has 0 N–H and O–H groups in total. The molecule has 0 spiro atoms. The quantitative estimate of drug-likeness (QED) is 0.770. The van der Waals surface area contributed by atoms with Crippen molar-refractivity contribution < 1.29 is 13.2 Å². The van der Waals surface area contributed by atoms with Gasteiger partial charge < -0.3 is 0 Å². The zero-order chi connectivity index (χ0) is 13.2. The molecule has 2 rings (SSSR count). The number of alkyl halides is 3. The van der Waals surface area contributed by atoms with Gasteiger partial charge in [0.2, 0.25) is 0 Å². The Hall–Kier alpha value is -0.810. The topological polar surface area (TPSA) is 16.1 Å². The zero-order valence-electron chi connectivity index (χ0n) is 9.75. The first-order chi connectivity index (χ1) is 8.47. The fraction of sp³-hybridized carbons (Fsp3) is 0.583. The van der Waals surface area contributed by atoms with E-state index in [1.807, 2.05) is 11.0 Å². The Balaban J connectivity index is 1.90. The minimum Gasteiger partial charge on any atom is -0.299 e. The molecule has 18 heavy (non-hydrogen) atoms. The van der Waals surface area contributed by atoms with Gasteiger partial charge in [-0.15, -0.1) is 0 Å². The van der Waals surface area contributed by atoms with Gasteiger partial charge in [0.1, 0.15) is 5.15 Å². The highest BCUT2D eigenvalue weighted by atomic mass is 35.5. The van der Waals surface area contributed by atoms with Gasteiger partial charge in [-0.05, 0) is 32.0 Å². The van der Waals surface area contributed by atoms with Crippen LogP contribution in [0.2, 0.25) is 5.15 Å². The summed E-state index contributed by atoms with van der Waals surface area (Å²) in [6.45, 7) is 1.47. The molecule has 0 amide bonds. The van der Waals surface area contributed by atoms with Gasteiger partial charge in [0, 0.05) is 18.3 Å². The SMILES string of the molecule is FC(F)(F)C1CCN(Cc2cccnc2Cl)CC1. The van der Waals surface area contributed by atoms with Crippen LogP contribution < -0.4 is 0 Å². The van der Waals surface area contributed by atoms with E-state index in [1.54, 1.807) is 12.3 Å². The van der Waals surface area contributed by atoms with Gasteiger partial charge in [-0.25, -0.2) is 4.98 Å². The van der Waals surface area contributed by atoms with Gasteiger partial charge in [-0.3, -0.25) is 4.90 Å². The molecule has 2 heterocycles. The lowest BCUT2D eigenvalue weighted by molar-refractivity contribution is -0.185. The molecule has 1 saturated heterocycles. The standard InChI is InChI=1S/C12H14ClF3N2/c13-11-9(2-1-5-17-11)8-18-6-3-10(4-7-18)12(14,15)16/h1-2,5,10H,3-4,6-8H2. The van der Waals surface area contributed by atoms with E-state index in [9.17, 15) is 13.2 Å². The molecule has 1 fully saturated rings. The maximum Gasteiger partial charge on any atom is 0.391 e. The van der Waals surface area contributed by atoms with E-state index >= 15 is 0 Å². The number of pyridine rings is 1. The fourth-order valence-electron chi connectivity index (χ4n) is 2.20. The van der Waals surface area contributed by atoms with Crippen LogP contribution in [-0.2, 0) is 6.54 Å². The molecule has 0 aliphatic carbocycles. The third-order valence-corrected chi connectivity index (χ3v) is 3.62. The second kappa shape index (κ2) is 5.45. The van der Waals surface area contributed by atoms with Gasteiger partial charge in [0.25, 0.3) is 0 Å². The molecule has 2 nitrogen and oxygen atoms in total. The highest BCUT2D eigenvalue weighted by Crippen LogP contribution is 2.34. The summed E-state index contributed by atoms with van der Waals surface area (Å²) in [4.78, 5) is 5.95. The molecule has 0 unspecified atom stereocenters. The molecule has 0 radical (unpaired) electrons. The highest BCUT2D eigenvalue weighted by molar-refractivity contribution is 6.30. The number of piperidine rings is 1. The number of rotatable bonds is 2. The molecule has 1 aliphatic heterocycles. The van der Waals surface area contributed by atoms with E-state index < -0.39 is 12.1 Å². The van der Waals surface area contributed by atoms with Gasteiger partial charge >= 0.3 is 6.18 Å². The van der Waals surface area contributed by atoms with Crippen LogP contribution in [0.3, 0.4) is 0 Å². The molecule has 0 saturated carbocycles. The molecule has 0 bridgehead atoms. The van der Waals surface area contributed by atoms with Crippen LogP contribution >= 0.6 is 11.6 Å². The van der Waals surface area contributed by atoms with Crippen molar-refractivity contribution in [2.45, 2.75) is 25.6 Å². The summed E-state index contributed by atoms with van der Waals surface area (Å²) in [5.41, 5.74) is 0.865. The number of aromatic nitrogens is 1. The Labute approximate surface area is 109 Å². The van der Waals surface area contributed by atoms with Crippen LogP contribution in [0.15, 0.2) is 18.3 Å². The number of nitrogens with zero attached hydrogens (tertiary/aromatic N) is 2. The normalized spacial score (nSPS) is 19.1. The first kappa shape index (κ1) is 13.6. The van der Waals surface area contributed by atoms with Gasteiger partial charge in [-0.2, -0.15) is 13.2 Å². The minimum absolute atomic E-state index is 0.168. The summed E-state index contributed by atoms with van der Waals surface area (Å²) in [6.07, 6.45) is -2.12. The Morgan fingerprint density at radius 1 is 1.33 bits per heavy atom. The molecule has 0 atom stereocenters. The number of halogens is 4. The second-order valence-electron chi connectivity index (χ2n) is 4.55. The van der Waals surface area contributed by atoms with E-state index in [4.69, 9.17) is 11.6 Å². The number of likely N-dealkylation sites (tertiary alicyclic amines) is 1. The van der Waals surface area contributed by atoms with E-state index in [-0.39, 0.29) is 12.8 Å². The van der Waals surface area contributed by atoms with Crippen LogP contribution in [0.4, 0.5) is 13.2 Å². The molecule has 1 aromatic rings. The van der Waals surface area contributed by atoms with Crippen molar-refractivity contribution >= 4 is 11.6 Å². The monoisotopic (exact) mass is 278 g/mol. The maximum absolute atomic E-state index is 12.5. The summed E-state index contributed by atoms with van der Waals surface area (Å²) in [5, 5.41) is 0.426. The van der Waals surface area contributed by atoms with E-state index in [1.165, 1.54) is 0 Å². The molecule has 0 aromatic carbocycles. The van der Waals surface area contributed by atoms with Crippen molar-refractivity contribution in [3.8, 4) is 0 Å². The Morgan fingerprint density at radius 2 is 2.00 bits per heavy atom. The molecule has 1 aromatic heterocycles. The predicted molar refractivity (Wildman–Crippen MR) is 63.3 cm³/mol. The fourth-order valence-corrected chi connectivity index (χ4v) is 2.38. The average Bonchev–Trinajstić information content (AvgIpc) is 2.32. The van der Waals surface area contributed by atoms with Crippen molar-refractivity contribution in [1.29, 1.82) is 0 Å². The van der Waals surface area contributed by atoms with E-state index in [0.29, 0.717) is 24.8 Å². The van der Waals surface area contributed by atoms with Crippen molar-refractivity contribution in [3.63, 3.8) is 0 Å². The van der Waals surface area contributed by atoms with Crippen molar-refractivity contribution in [2.24, 2.45) is 5.92 Å². The molecule has 100 valence electrons. The van der Waals surface area contributed by atoms with E-state index in [2.05, 4.69) is 4.98 Å². The first-order valence-corrected chi connectivity index (χ1v) is 6.23. The average molecular weight is 279 g/mol. The summed E-state index contributed by atoms with van der Waals surface area (Å²) < 4.78 is 37.5. The summed E-state index contributed by atoms with van der Waals surface area (Å²) >= 11 is 5.93. The Bertz CT molecular complexity index is 401. The number of hydrogen-bond donors (Lipinski definition) is 0. The highest BCUT2D eigenvalue weighted by Gasteiger charge is 2.40. The van der Waals surface area contributed by atoms with Crippen LogP contribution in [0, 0.1) is 5.92 Å². The van der Waals surface area contributed by atoms with Crippen LogP contribution in [0.5, 0.6) is 0 Å². The minimum atomic E-state index is -4.06. The van der Waals surface area contributed by atoms with Crippen molar-refractivity contribution in [3.05, 3.63) is 29.0 Å². The third kappa shape index (κ3) is 3.36. The first-order valence-electron chi connectivity index (χ1n) is 5.85. The lowest BCUT2D eigenvalue weighted by atomic mass is 9.96. The van der Waals surface area contributed by atoms with Crippen LogP contribution in [0.1, 0.15) is 18.4 Å². The molecular weight excluding hydrogens is 265 g/mol. The Morgan fingerprint density at radius 3 is 2.56 bits per heavy atom. The van der Waals surface area contributed by atoms with Gasteiger partial charge in [-0.1, -0.05) is 17.7 Å². The van der Waals surface area contributed by atoms with Crippen LogP contribution in [-0.4, -0.2) is 29.1 Å². The molecule has 1 aliphatic rings. The lowest BCUT2D eigenvalue weighted by Crippen LogP contribution is -2.38. The van der Waals surface area contributed by atoms with Gasteiger partial charge in [0.05, 0.1) is 5.92 Å².